The molecule has 164 valence electrons. The van der Waals surface area contributed by atoms with Crippen molar-refractivity contribution < 1.29 is 24.2 Å². The van der Waals surface area contributed by atoms with Crippen LogP contribution in [0.4, 0.5) is 0 Å². The van der Waals surface area contributed by atoms with Crippen molar-refractivity contribution in [2.75, 3.05) is 20.3 Å². The summed E-state index contributed by atoms with van der Waals surface area (Å²) in [4.78, 5) is 27.4. The van der Waals surface area contributed by atoms with Gasteiger partial charge in [-0.05, 0) is 62.6 Å². The second-order valence-electron chi connectivity index (χ2n) is 7.98. The van der Waals surface area contributed by atoms with E-state index in [9.17, 15) is 14.7 Å². The van der Waals surface area contributed by atoms with E-state index >= 15 is 0 Å². The van der Waals surface area contributed by atoms with Crippen molar-refractivity contribution in [3.63, 3.8) is 0 Å². The van der Waals surface area contributed by atoms with Crippen molar-refractivity contribution >= 4 is 17.4 Å². The molecule has 1 fully saturated rings. The van der Waals surface area contributed by atoms with E-state index in [1.165, 1.54) is 4.90 Å². The number of nitrogens with zero attached hydrogens (tertiary/aromatic N) is 1. The third kappa shape index (κ3) is 4.64. The Kier molecular flexibility index (Phi) is 6.81. The lowest BCUT2D eigenvalue weighted by molar-refractivity contribution is -0.140. The monoisotopic (exact) mass is 423 g/mol. The minimum atomic E-state index is -0.705. The highest BCUT2D eigenvalue weighted by Gasteiger charge is 2.45. The Morgan fingerprint density at radius 2 is 1.74 bits per heavy atom. The highest BCUT2D eigenvalue weighted by atomic mass is 16.5. The first-order chi connectivity index (χ1) is 14.7. The molecule has 31 heavy (non-hydrogen) atoms. The molecule has 2 aromatic rings. The molecule has 2 aromatic carbocycles. The Hall–Kier alpha value is -3.12. The number of ketones is 1. The standard InChI is InChI=1S/C25H29NO5/c1-15(2)31-13-12-26-22(18-8-10-20(30-5)11-9-18)21(24(28)25(26)29)23(27)19-7-6-16(3)17(4)14-19/h6-11,14-15,22,27H,12-13H2,1-5H3/b23-21-. The van der Waals surface area contributed by atoms with Crippen LogP contribution in [0.1, 0.15) is 42.1 Å². The second-order valence-corrected chi connectivity index (χ2v) is 7.98. The minimum absolute atomic E-state index is 0.00629. The maximum atomic E-state index is 13.0. The van der Waals surface area contributed by atoms with Crippen molar-refractivity contribution in [2.45, 2.75) is 39.8 Å². The summed E-state index contributed by atoms with van der Waals surface area (Å²) in [5, 5.41) is 11.1. The maximum Gasteiger partial charge on any atom is 0.295 e. The van der Waals surface area contributed by atoms with Crippen molar-refractivity contribution in [2.24, 2.45) is 0 Å². The number of rotatable bonds is 7. The zero-order valence-electron chi connectivity index (χ0n) is 18.6. The largest absolute Gasteiger partial charge is 0.507 e. The third-order valence-corrected chi connectivity index (χ3v) is 5.54. The fraction of sp³-hybridized carbons (Fsp3) is 0.360. The number of carbonyl (C=O) groups is 2. The fourth-order valence-electron chi connectivity index (χ4n) is 3.67. The van der Waals surface area contributed by atoms with Gasteiger partial charge >= 0.3 is 0 Å². The van der Waals surface area contributed by atoms with Gasteiger partial charge in [0.15, 0.2) is 0 Å². The Labute approximate surface area is 183 Å². The molecule has 1 aliphatic heterocycles. The Balaban J connectivity index is 2.10. The normalized spacial score (nSPS) is 18.1. The summed E-state index contributed by atoms with van der Waals surface area (Å²) in [5.74, 6) is -0.841. The molecule has 6 nitrogen and oxygen atoms in total. The smallest absolute Gasteiger partial charge is 0.295 e. The number of methoxy groups -OCH3 is 1. The van der Waals surface area contributed by atoms with E-state index in [4.69, 9.17) is 9.47 Å². The summed E-state index contributed by atoms with van der Waals surface area (Å²) in [5.41, 5.74) is 3.38. The number of aliphatic hydroxyl groups excluding tert-OH is 1. The zero-order valence-corrected chi connectivity index (χ0v) is 18.6. The van der Waals surface area contributed by atoms with E-state index in [0.29, 0.717) is 17.9 Å². The number of benzene rings is 2. The molecule has 1 N–H and O–H groups in total. The van der Waals surface area contributed by atoms with Crippen LogP contribution in [-0.4, -0.2) is 48.1 Å². The van der Waals surface area contributed by atoms with E-state index in [1.54, 1.807) is 37.4 Å². The van der Waals surface area contributed by atoms with Gasteiger partial charge in [-0.1, -0.05) is 24.3 Å². The van der Waals surface area contributed by atoms with Crippen LogP contribution in [0.2, 0.25) is 0 Å². The second kappa shape index (κ2) is 9.35. The van der Waals surface area contributed by atoms with Gasteiger partial charge in [-0.2, -0.15) is 0 Å². The van der Waals surface area contributed by atoms with Gasteiger partial charge in [-0.25, -0.2) is 0 Å². The molecule has 0 saturated carbocycles. The first kappa shape index (κ1) is 22.6. The number of hydrogen-bond donors (Lipinski definition) is 1. The number of aryl methyl sites for hydroxylation is 2. The summed E-state index contributed by atoms with van der Waals surface area (Å²) >= 11 is 0. The van der Waals surface area contributed by atoms with Crippen LogP contribution in [0.5, 0.6) is 5.75 Å². The average molecular weight is 424 g/mol. The summed E-state index contributed by atoms with van der Waals surface area (Å²) in [7, 11) is 1.57. The molecule has 1 atom stereocenters. The molecule has 0 radical (unpaired) electrons. The van der Waals surface area contributed by atoms with Gasteiger partial charge in [0.1, 0.15) is 11.5 Å². The Morgan fingerprint density at radius 1 is 1.06 bits per heavy atom. The molecule has 1 unspecified atom stereocenters. The van der Waals surface area contributed by atoms with Crippen molar-refractivity contribution in [1.29, 1.82) is 0 Å². The lowest BCUT2D eigenvalue weighted by Crippen LogP contribution is -2.33. The van der Waals surface area contributed by atoms with Gasteiger partial charge in [0.05, 0.1) is 31.4 Å². The summed E-state index contributed by atoms with van der Waals surface area (Å²) in [6.45, 7) is 8.27. The number of aliphatic hydroxyl groups is 1. The number of likely N-dealkylation sites (tertiary alicyclic amines) is 1. The summed E-state index contributed by atoms with van der Waals surface area (Å²) in [6.07, 6.45) is 0.00629. The molecule has 3 rings (SSSR count). The van der Waals surface area contributed by atoms with E-state index in [0.717, 1.165) is 16.7 Å². The first-order valence-corrected chi connectivity index (χ1v) is 10.4. The Morgan fingerprint density at radius 3 is 2.32 bits per heavy atom. The number of Topliss-reactive ketones (excluding diaryl/α,β-unsaturated/α-hetero) is 1. The van der Waals surface area contributed by atoms with Crippen LogP contribution in [0.3, 0.4) is 0 Å². The van der Waals surface area contributed by atoms with Gasteiger partial charge in [-0.15, -0.1) is 0 Å². The Bertz CT molecular complexity index is 1010. The molecule has 1 saturated heterocycles. The average Bonchev–Trinajstić information content (AvgIpc) is 3.00. The van der Waals surface area contributed by atoms with Gasteiger partial charge in [-0.3, -0.25) is 9.59 Å². The number of carbonyl (C=O) groups excluding carboxylic acids is 2. The minimum Gasteiger partial charge on any atom is -0.507 e. The molecule has 1 heterocycles. The SMILES string of the molecule is COc1ccc(C2/C(=C(/O)c3ccc(C)c(C)c3)C(=O)C(=O)N2CCOC(C)C)cc1. The molecule has 0 aromatic heterocycles. The number of amides is 1. The lowest BCUT2D eigenvalue weighted by atomic mass is 9.94. The predicted octanol–water partition coefficient (Wildman–Crippen LogP) is 4.16. The third-order valence-electron chi connectivity index (χ3n) is 5.54. The van der Waals surface area contributed by atoms with E-state index in [1.807, 2.05) is 39.8 Å². The molecular weight excluding hydrogens is 394 g/mol. The van der Waals surface area contributed by atoms with Gasteiger partial charge in [0.2, 0.25) is 0 Å². The highest BCUT2D eigenvalue weighted by molar-refractivity contribution is 6.46. The van der Waals surface area contributed by atoms with E-state index < -0.39 is 17.7 Å². The molecule has 1 aliphatic rings. The van der Waals surface area contributed by atoms with Crippen molar-refractivity contribution in [3.8, 4) is 5.75 Å². The number of ether oxygens (including phenoxy) is 2. The first-order valence-electron chi connectivity index (χ1n) is 10.4. The van der Waals surface area contributed by atoms with Crippen LogP contribution in [-0.2, 0) is 14.3 Å². The van der Waals surface area contributed by atoms with Crippen LogP contribution in [0.25, 0.3) is 5.76 Å². The topological polar surface area (TPSA) is 76.1 Å². The predicted molar refractivity (Wildman–Crippen MR) is 119 cm³/mol. The van der Waals surface area contributed by atoms with Crippen molar-refractivity contribution in [1.82, 2.24) is 4.90 Å². The summed E-state index contributed by atoms with van der Waals surface area (Å²) in [6, 6.07) is 11.9. The molecule has 0 bridgehead atoms. The molecule has 0 aliphatic carbocycles. The maximum absolute atomic E-state index is 13.0. The number of hydrogen-bond acceptors (Lipinski definition) is 5. The van der Waals surface area contributed by atoms with Crippen molar-refractivity contribution in [3.05, 3.63) is 70.3 Å². The molecular formula is C25H29NO5. The van der Waals surface area contributed by atoms with Crippen LogP contribution in [0.15, 0.2) is 48.0 Å². The molecule has 0 spiro atoms. The van der Waals surface area contributed by atoms with Gasteiger partial charge in [0.25, 0.3) is 11.7 Å². The van der Waals surface area contributed by atoms with Crippen LogP contribution >= 0.6 is 0 Å². The van der Waals surface area contributed by atoms with E-state index in [2.05, 4.69) is 0 Å². The van der Waals surface area contributed by atoms with Gasteiger partial charge in [0, 0.05) is 12.1 Å². The van der Waals surface area contributed by atoms with Crippen LogP contribution in [0, 0.1) is 13.8 Å². The quantitative estimate of drug-likeness (QED) is 0.411. The van der Waals surface area contributed by atoms with E-state index in [-0.39, 0.29) is 24.0 Å². The van der Waals surface area contributed by atoms with Crippen LogP contribution < -0.4 is 4.74 Å². The zero-order chi connectivity index (χ0) is 22.7. The lowest BCUT2D eigenvalue weighted by Gasteiger charge is -2.25. The fourth-order valence-corrected chi connectivity index (χ4v) is 3.67. The molecule has 6 heteroatoms. The molecule has 1 amide bonds. The highest BCUT2D eigenvalue weighted by Crippen LogP contribution is 2.39. The van der Waals surface area contributed by atoms with Gasteiger partial charge < -0.3 is 19.5 Å². The summed E-state index contributed by atoms with van der Waals surface area (Å²) < 4.78 is 10.8.